The first-order valence-electron chi connectivity index (χ1n) is 8.83. The number of likely N-dealkylation sites (tertiary alicyclic amines) is 1. The summed E-state index contributed by atoms with van der Waals surface area (Å²) >= 11 is 0. The summed E-state index contributed by atoms with van der Waals surface area (Å²) < 4.78 is 0. The van der Waals surface area contributed by atoms with Crippen molar-refractivity contribution in [3.05, 3.63) is 0 Å². The van der Waals surface area contributed by atoms with E-state index in [-0.39, 0.29) is 11.3 Å². The van der Waals surface area contributed by atoms with Crippen LogP contribution >= 0.6 is 0 Å². The van der Waals surface area contributed by atoms with E-state index < -0.39 is 0 Å². The second kappa shape index (κ2) is 8.14. The van der Waals surface area contributed by atoms with E-state index >= 15 is 0 Å². The standard InChI is InChI=1S/C17H33N3O/c1-15(13-20-9-5-6-10-20)12-19-16(21)11-17(14-18)7-3-2-4-8-17/h15H,2-14,18H2,1H3,(H,19,21). The van der Waals surface area contributed by atoms with Gasteiger partial charge in [-0.25, -0.2) is 0 Å². The van der Waals surface area contributed by atoms with Crippen LogP contribution in [0.5, 0.6) is 0 Å². The van der Waals surface area contributed by atoms with Crippen molar-refractivity contribution in [2.45, 2.75) is 58.3 Å². The summed E-state index contributed by atoms with van der Waals surface area (Å²) in [5.74, 6) is 0.739. The third kappa shape index (κ3) is 5.26. The van der Waals surface area contributed by atoms with Gasteiger partial charge < -0.3 is 16.0 Å². The van der Waals surface area contributed by atoms with Gasteiger partial charge in [0.1, 0.15) is 0 Å². The molecule has 0 aromatic rings. The summed E-state index contributed by atoms with van der Waals surface area (Å²) in [7, 11) is 0. The molecule has 2 fully saturated rings. The molecule has 3 N–H and O–H groups in total. The van der Waals surface area contributed by atoms with Gasteiger partial charge in [-0.1, -0.05) is 26.2 Å². The Balaban J connectivity index is 1.68. The van der Waals surface area contributed by atoms with Crippen molar-refractivity contribution < 1.29 is 4.79 Å². The van der Waals surface area contributed by atoms with Crippen LogP contribution in [0.25, 0.3) is 0 Å². The molecule has 0 aromatic heterocycles. The topological polar surface area (TPSA) is 58.4 Å². The highest BCUT2D eigenvalue weighted by molar-refractivity contribution is 5.76. The van der Waals surface area contributed by atoms with Crippen molar-refractivity contribution in [2.75, 3.05) is 32.7 Å². The van der Waals surface area contributed by atoms with Gasteiger partial charge in [-0.15, -0.1) is 0 Å². The minimum absolute atomic E-state index is 0.0839. The second-order valence-electron chi connectivity index (χ2n) is 7.36. The van der Waals surface area contributed by atoms with Crippen molar-refractivity contribution in [1.29, 1.82) is 0 Å². The van der Waals surface area contributed by atoms with Crippen molar-refractivity contribution >= 4 is 5.91 Å². The lowest BCUT2D eigenvalue weighted by Gasteiger charge is -2.35. The van der Waals surface area contributed by atoms with Crippen LogP contribution in [0.4, 0.5) is 0 Å². The zero-order valence-corrected chi connectivity index (χ0v) is 13.7. The molecule has 1 aliphatic heterocycles. The summed E-state index contributed by atoms with van der Waals surface area (Å²) in [5, 5.41) is 3.14. The molecule has 1 saturated heterocycles. The fraction of sp³-hybridized carbons (Fsp3) is 0.941. The number of carbonyl (C=O) groups excluding carboxylic acids is 1. The van der Waals surface area contributed by atoms with Crippen molar-refractivity contribution in [1.82, 2.24) is 10.2 Å². The highest BCUT2D eigenvalue weighted by Crippen LogP contribution is 2.38. The number of nitrogens with one attached hydrogen (secondary N) is 1. The van der Waals surface area contributed by atoms with Gasteiger partial charge in [0.05, 0.1) is 0 Å². The molecule has 0 bridgehead atoms. The van der Waals surface area contributed by atoms with Gasteiger partial charge >= 0.3 is 0 Å². The fourth-order valence-electron chi connectivity index (χ4n) is 3.92. The van der Waals surface area contributed by atoms with Gasteiger partial charge in [-0.05, 0) is 56.7 Å². The van der Waals surface area contributed by atoms with E-state index in [2.05, 4.69) is 17.1 Å². The number of hydrogen-bond acceptors (Lipinski definition) is 3. The maximum Gasteiger partial charge on any atom is 0.220 e. The van der Waals surface area contributed by atoms with Gasteiger partial charge in [0.25, 0.3) is 0 Å². The maximum atomic E-state index is 12.2. The van der Waals surface area contributed by atoms with Gasteiger partial charge in [0, 0.05) is 19.5 Å². The van der Waals surface area contributed by atoms with Crippen LogP contribution in [-0.2, 0) is 4.79 Å². The highest BCUT2D eigenvalue weighted by Gasteiger charge is 2.32. The minimum Gasteiger partial charge on any atom is -0.356 e. The minimum atomic E-state index is 0.0839. The number of amides is 1. The van der Waals surface area contributed by atoms with Crippen LogP contribution in [0.3, 0.4) is 0 Å². The normalized spacial score (nSPS) is 23.9. The van der Waals surface area contributed by atoms with Crippen LogP contribution in [0, 0.1) is 11.3 Å². The molecule has 1 aliphatic carbocycles. The molecule has 0 aromatic carbocycles. The van der Waals surface area contributed by atoms with Crippen molar-refractivity contribution in [2.24, 2.45) is 17.1 Å². The van der Waals surface area contributed by atoms with Crippen LogP contribution in [0.2, 0.25) is 0 Å². The van der Waals surface area contributed by atoms with Gasteiger partial charge in [0.15, 0.2) is 0 Å². The first kappa shape index (κ1) is 16.8. The molecule has 1 atom stereocenters. The Morgan fingerprint density at radius 3 is 2.48 bits per heavy atom. The lowest BCUT2D eigenvalue weighted by molar-refractivity contribution is -0.124. The first-order valence-corrected chi connectivity index (χ1v) is 8.83. The number of hydrogen-bond donors (Lipinski definition) is 2. The molecule has 4 nitrogen and oxygen atoms in total. The van der Waals surface area contributed by atoms with Gasteiger partial charge in [-0.2, -0.15) is 0 Å². The third-order valence-electron chi connectivity index (χ3n) is 5.30. The Morgan fingerprint density at radius 1 is 1.19 bits per heavy atom. The van der Waals surface area contributed by atoms with E-state index in [4.69, 9.17) is 5.73 Å². The summed E-state index contributed by atoms with van der Waals surface area (Å²) in [5.41, 5.74) is 6.05. The number of nitrogens with zero attached hydrogens (tertiary/aromatic N) is 1. The predicted octanol–water partition coefficient (Wildman–Crippen LogP) is 2.13. The summed E-state index contributed by atoms with van der Waals surface area (Å²) in [6, 6.07) is 0. The lowest BCUT2D eigenvalue weighted by Crippen LogP contribution is -2.40. The van der Waals surface area contributed by atoms with E-state index in [0.717, 1.165) is 25.9 Å². The number of rotatable bonds is 7. The molecule has 1 saturated carbocycles. The van der Waals surface area contributed by atoms with Crippen LogP contribution in [0.15, 0.2) is 0 Å². The Kier molecular flexibility index (Phi) is 6.49. The van der Waals surface area contributed by atoms with Crippen LogP contribution in [-0.4, -0.2) is 43.5 Å². The molecule has 4 heteroatoms. The van der Waals surface area contributed by atoms with E-state index in [1.165, 1.54) is 45.2 Å². The zero-order valence-electron chi connectivity index (χ0n) is 13.7. The molecule has 1 amide bonds. The third-order valence-corrected chi connectivity index (χ3v) is 5.30. The Hall–Kier alpha value is -0.610. The smallest absolute Gasteiger partial charge is 0.220 e. The molecule has 21 heavy (non-hydrogen) atoms. The average Bonchev–Trinajstić information content (AvgIpc) is 2.99. The summed E-state index contributed by atoms with van der Waals surface area (Å²) in [4.78, 5) is 14.7. The SMILES string of the molecule is CC(CNC(=O)CC1(CN)CCCCC1)CN1CCCC1. The molecule has 122 valence electrons. The summed E-state index contributed by atoms with van der Waals surface area (Å²) in [6.07, 6.45) is 9.30. The molecule has 2 rings (SSSR count). The Bertz CT molecular complexity index is 320. The van der Waals surface area contributed by atoms with Crippen molar-refractivity contribution in [3.8, 4) is 0 Å². The highest BCUT2D eigenvalue weighted by atomic mass is 16.1. The maximum absolute atomic E-state index is 12.2. The molecular formula is C17H33N3O. The molecule has 1 heterocycles. The van der Waals surface area contributed by atoms with Crippen LogP contribution < -0.4 is 11.1 Å². The molecule has 2 aliphatic rings. The van der Waals surface area contributed by atoms with E-state index in [1.807, 2.05) is 0 Å². The molecular weight excluding hydrogens is 262 g/mol. The predicted molar refractivity (Wildman–Crippen MR) is 87.0 cm³/mol. The molecule has 0 radical (unpaired) electrons. The second-order valence-corrected chi connectivity index (χ2v) is 7.36. The van der Waals surface area contributed by atoms with E-state index in [0.29, 0.717) is 18.9 Å². The largest absolute Gasteiger partial charge is 0.356 e. The Morgan fingerprint density at radius 2 is 1.86 bits per heavy atom. The van der Waals surface area contributed by atoms with E-state index in [9.17, 15) is 4.79 Å². The van der Waals surface area contributed by atoms with Crippen LogP contribution in [0.1, 0.15) is 58.3 Å². The quantitative estimate of drug-likeness (QED) is 0.756. The van der Waals surface area contributed by atoms with Crippen molar-refractivity contribution in [3.63, 3.8) is 0 Å². The average molecular weight is 295 g/mol. The monoisotopic (exact) mass is 295 g/mol. The van der Waals surface area contributed by atoms with Gasteiger partial charge in [-0.3, -0.25) is 4.79 Å². The number of carbonyl (C=O) groups is 1. The van der Waals surface area contributed by atoms with E-state index in [1.54, 1.807) is 0 Å². The summed E-state index contributed by atoms with van der Waals surface area (Å²) in [6.45, 7) is 7.27. The first-order chi connectivity index (χ1) is 10.1. The molecule has 1 unspecified atom stereocenters. The number of nitrogens with two attached hydrogens (primary N) is 1. The van der Waals surface area contributed by atoms with Gasteiger partial charge in [0.2, 0.25) is 5.91 Å². The Labute approximate surface area is 129 Å². The lowest BCUT2D eigenvalue weighted by atomic mass is 9.71. The fourth-order valence-corrected chi connectivity index (χ4v) is 3.92. The molecule has 0 spiro atoms. The zero-order chi connectivity index (χ0) is 15.1.